The molecule has 9 heteroatoms. The molecular weight excluding hydrogens is 310 g/mol. The minimum Gasteiger partial charge on any atom is -0.355 e. The Morgan fingerprint density at radius 1 is 1.47 bits per heavy atom. The quantitative estimate of drug-likeness (QED) is 0.870. The molecule has 1 unspecified atom stereocenters. The summed E-state index contributed by atoms with van der Waals surface area (Å²) in [5.74, 6) is -0.283. The zero-order valence-corrected chi connectivity index (χ0v) is 12.7. The van der Waals surface area contributed by atoms with E-state index in [0.29, 0.717) is 18.7 Å². The van der Waals surface area contributed by atoms with Crippen LogP contribution in [0.2, 0.25) is 4.47 Å². The summed E-state index contributed by atoms with van der Waals surface area (Å²) in [6, 6.07) is -0.729. The van der Waals surface area contributed by atoms with Crippen LogP contribution in [0.3, 0.4) is 0 Å². The van der Waals surface area contributed by atoms with Gasteiger partial charge in [-0.25, -0.2) is 13.4 Å². The third-order valence-electron chi connectivity index (χ3n) is 2.80. The van der Waals surface area contributed by atoms with E-state index in [-0.39, 0.29) is 14.6 Å². The van der Waals surface area contributed by atoms with Crippen LogP contribution >= 0.6 is 22.9 Å². The largest absolute Gasteiger partial charge is 0.355 e. The summed E-state index contributed by atoms with van der Waals surface area (Å²) in [6.07, 6.45) is 2.15. The highest BCUT2D eigenvalue weighted by molar-refractivity contribution is 7.91. The van der Waals surface area contributed by atoms with Crippen molar-refractivity contribution in [2.75, 3.05) is 6.54 Å². The number of nitrogens with zero attached hydrogens (tertiary/aromatic N) is 1. The molecule has 0 spiro atoms. The Labute approximate surface area is 120 Å². The third kappa shape index (κ3) is 3.44. The highest BCUT2D eigenvalue weighted by atomic mass is 35.5. The van der Waals surface area contributed by atoms with Crippen molar-refractivity contribution < 1.29 is 13.2 Å². The van der Waals surface area contributed by atoms with Crippen LogP contribution in [0, 0.1) is 6.92 Å². The monoisotopic (exact) mass is 323 g/mol. The summed E-state index contributed by atoms with van der Waals surface area (Å²) in [7, 11) is -3.76. The van der Waals surface area contributed by atoms with Crippen molar-refractivity contribution in [2.24, 2.45) is 0 Å². The number of hydrogen-bond acceptors (Lipinski definition) is 5. The second-order valence-corrected chi connectivity index (χ2v) is 7.79. The summed E-state index contributed by atoms with van der Waals surface area (Å²) in [4.78, 5) is 15.6. The van der Waals surface area contributed by atoms with E-state index >= 15 is 0 Å². The van der Waals surface area contributed by atoms with Crippen LogP contribution in [0.5, 0.6) is 0 Å². The third-order valence-corrected chi connectivity index (χ3v) is 6.15. The van der Waals surface area contributed by atoms with Crippen molar-refractivity contribution in [2.45, 2.75) is 36.4 Å². The Bertz CT molecular complexity index is 585. The molecule has 1 aromatic heterocycles. The molecule has 0 bridgehead atoms. The standard InChI is InChI=1S/C10H14ClN3O3S2/c1-6-9(18-10(11)13-6)19(16,17)14-7-4-2-3-5-12-8(7)15/h7,14H,2-5H2,1H3,(H,12,15). The molecule has 1 amide bonds. The number of amides is 1. The lowest BCUT2D eigenvalue weighted by Crippen LogP contribution is -2.45. The molecule has 1 saturated heterocycles. The lowest BCUT2D eigenvalue weighted by Gasteiger charge is -2.14. The Morgan fingerprint density at radius 2 is 2.21 bits per heavy atom. The van der Waals surface area contributed by atoms with Crippen LogP contribution in [0.1, 0.15) is 25.0 Å². The van der Waals surface area contributed by atoms with Crippen LogP contribution < -0.4 is 10.0 Å². The van der Waals surface area contributed by atoms with E-state index in [2.05, 4.69) is 15.0 Å². The number of rotatable bonds is 3. The van der Waals surface area contributed by atoms with Gasteiger partial charge in [0.05, 0.1) is 5.69 Å². The first-order valence-corrected chi connectivity index (χ1v) is 8.51. The molecule has 0 aromatic carbocycles. The molecule has 2 heterocycles. The molecule has 0 aliphatic carbocycles. The number of halogens is 1. The summed E-state index contributed by atoms with van der Waals surface area (Å²) >= 11 is 6.59. The van der Waals surface area contributed by atoms with Gasteiger partial charge < -0.3 is 5.32 Å². The number of sulfonamides is 1. The fraction of sp³-hybridized carbons (Fsp3) is 0.600. The molecule has 0 radical (unpaired) electrons. The zero-order valence-electron chi connectivity index (χ0n) is 10.3. The van der Waals surface area contributed by atoms with E-state index in [1.807, 2.05) is 0 Å². The van der Waals surface area contributed by atoms with E-state index in [4.69, 9.17) is 11.6 Å². The topological polar surface area (TPSA) is 88.2 Å². The molecule has 1 aliphatic rings. The van der Waals surface area contributed by atoms with Gasteiger partial charge in [-0.15, -0.1) is 0 Å². The van der Waals surface area contributed by atoms with E-state index in [1.54, 1.807) is 6.92 Å². The highest BCUT2D eigenvalue weighted by Gasteiger charge is 2.29. The fourth-order valence-electron chi connectivity index (χ4n) is 1.89. The molecule has 2 rings (SSSR count). The average molecular weight is 324 g/mol. The lowest BCUT2D eigenvalue weighted by molar-refractivity contribution is -0.122. The number of aromatic nitrogens is 1. The molecule has 19 heavy (non-hydrogen) atoms. The van der Waals surface area contributed by atoms with Crippen molar-refractivity contribution in [1.82, 2.24) is 15.0 Å². The first-order valence-electron chi connectivity index (χ1n) is 5.83. The molecule has 2 N–H and O–H groups in total. The first-order chi connectivity index (χ1) is 8.90. The fourth-order valence-corrected chi connectivity index (χ4v) is 4.88. The van der Waals surface area contributed by atoms with Crippen molar-refractivity contribution in [3.63, 3.8) is 0 Å². The second-order valence-electron chi connectivity index (χ2n) is 4.30. The van der Waals surface area contributed by atoms with E-state index in [0.717, 1.165) is 24.2 Å². The maximum atomic E-state index is 12.2. The maximum absolute atomic E-state index is 12.2. The summed E-state index contributed by atoms with van der Waals surface area (Å²) in [5.41, 5.74) is 0.344. The van der Waals surface area contributed by atoms with E-state index in [1.165, 1.54) is 0 Å². The minimum atomic E-state index is -3.76. The Kier molecular flexibility index (Phi) is 4.44. The normalized spacial score (nSPS) is 20.9. The van der Waals surface area contributed by atoms with Gasteiger partial charge in [0.15, 0.2) is 8.68 Å². The average Bonchev–Trinajstić information content (AvgIpc) is 2.54. The first kappa shape index (κ1) is 14.7. The van der Waals surface area contributed by atoms with Crippen molar-refractivity contribution in [1.29, 1.82) is 0 Å². The SMILES string of the molecule is Cc1nc(Cl)sc1S(=O)(=O)NC1CCCCNC1=O. The molecule has 106 valence electrons. The Hall–Kier alpha value is -0.700. The molecule has 1 aliphatic heterocycles. The van der Waals surface area contributed by atoms with Gasteiger partial charge in [-0.2, -0.15) is 4.72 Å². The minimum absolute atomic E-state index is 0.0644. The molecule has 0 saturated carbocycles. The number of hydrogen-bond donors (Lipinski definition) is 2. The van der Waals surface area contributed by atoms with Crippen molar-refractivity contribution in [3.05, 3.63) is 10.2 Å². The molecule has 1 fully saturated rings. The lowest BCUT2D eigenvalue weighted by atomic mass is 10.1. The molecule has 1 atom stereocenters. The summed E-state index contributed by atoms with van der Waals surface area (Å²) in [6.45, 7) is 2.16. The van der Waals surface area contributed by atoms with Crippen LogP contribution in [0.4, 0.5) is 0 Å². The van der Waals surface area contributed by atoms with Crippen LogP contribution in [0.15, 0.2) is 4.21 Å². The Balaban J connectivity index is 2.21. The number of carbonyl (C=O) groups excluding carboxylic acids is 1. The van der Waals surface area contributed by atoms with E-state index in [9.17, 15) is 13.2 Å². The van der Waals surface area contributed by atoms with Crippen LogP contribution in [-0.2, 0) is 14.8 Å². The number of aryl methyl sites for hydroxylation is 1. The molecule has 1 aromatic rings. The second kappa shape index (κ2) is 5.74. The number of nitrogens with one attached hydrogen (secondary N) is 2. The number of thiazole rings is 1. The van der Waals surface area contributed by atoms with E-state index < -0.39 is 16.1 Å². The van der Waals surface area contributed by atoms with Crippen LogP contribution in [0.25, 0.3) is 0 Å². The van der Waals surface area contributed by atoms with Crippen LogP contribution in [-0.4, -0.2) is 31.9 Å². The predicted molar refractivity (Wildman–Crippen MR) is 72.8 cm³/mol. The van der Waals surface area contributed by atoms with Gasteiger partial charge in [0, 0.05) is 6.54 Å². The maximum Gasteiger partial charge on any atom is 0.252 e. The summed E-state index contributed by atoms with van der Waals surface area (Å²) in [5, 5.41) is 2.68. The van der Waals surface area contributed by atoms with Gasteiger partial charge in [-0.3, -0.25) is 4.79 Å². The predicted octanol–water partition coefficient (Wildman–Crippen LogP) is 1.05. The van der Waals surface area contributed by atoms with Crippen molar-refractivity contribution >= 4 is 38.9 Å². The smallest absolute Gasteiger partial charge is 0.252 e. The van der Waals surface area contributed by atoms with Crippen molar-refractivity contribution in [3.8, 4) is 0 Å². The molecule has 6 nitrogen and oxygen atoms in total. The van der Waals surface area contributed by atoms with Gasteiger partial charge in [-0.05, 0) is 26.2 Å². The zero-order chi connectivity index (χ0) is 14.0. The number of carbonyl (C=O) groups is 1. The Morgan fingerprint density at radius 3 is 2.84 bits per heavy atom. The van der Waals surface area contributed by atoms with Gasteiger partial charge >= 0.3 is 0 Å². The van der Waals surface area contributed by atoms with Gasteiger partial charge in [0.2, 0.25) is 5.91 Å². The summed E-state index contributed by atoms with van der Waals surface area (Å²) < 4.78 is 27.1. The van der Waals surface area contributed by atoms with Gasteiger partial charge in [0.1, 0.15) is 6.04 Å². The van der Waals surface area contributed by atoms with Gasteiger partial charge in [0.25, 0.3) is 10.0 Å². The highest BCUT2D eigenvalue weighted by Crippen LogP contribution is 2.27. The molecular formula is C10H14ClN3O3S2. The van der Waals surface area contributed by atoms with Gasteiger partial charge in [-0.1, -0.05) is 22.9 Å².